The van der Waals surface area contributed by atoms with Crippen LogP contribution >= 0.6 is 0 Å². The molecule has 5 nitrogen and oxygen atoms in total. The van der Waals surface area contributed by atoms with Crippen LogP contribution in [0.25, 0.3) is 0 Å². The topological polar surface area (TPSA) is 44.3 Å². The van der Waals surface area contributed by atoms with Gasteiger partial charge in [0.2, 0.25) is 0 Å². The molecule has 28 heavy (non-hydrogen) atoms. The van der Waals surface area contributed by atoms with Gasteiger partial charge in [0, 0.05) is 43.6 Å². The number of benzene rings is 2. The van der Waals surface area contributed by atoms with E-state index in [0.29, 0.717) is 11.6 Å². The Bertz CT molecular complexity index is 936. The Kier molecular flexibility index (Phi) is 5.06. The molecule has 0 amide bonds. The molecule has 0 radical (unpaired) electrons. The summed E-state index contributed by atoms with van der Waals surface area (Å²) in [5.41, 5.74) is 1.80. The van der Waals surface area contributed by atoms with Crippen molar-refractivity contribution in [2.24, 2.45) is 0 Å². The van der Waals surface area contributed by atoms with Crippen LogP contribution in [0.5, 0.6) is 0 Å². The first-order valence-electron chi connectivity index (χ1n) is 9.20. The maximum atomic E-state index is 13.1. The Hall–Kier alpha value is -3.22. The van der Waals surface area contributed by atoms with Gasteiger partial charge in [0.1, 0.15) is 29.1 Å². The van der Waals surface area contributed by atoms with E-state index in [2.05, 4.69) is 25.1 Å². The Labute approximate surface area is 162 Å². The second kappa shape index (κ2) is 7.80. The van der Waals surface area contributed by atoms with Crippen LogP contribution in [0.2, 0.25) is 0 Å². The van der Waals surface area contributed by atoms with Gasteiger partial charge in [-0.05, 0) is 55.5 Å². The van der Waals surface area contributed by atoms with Crippen LogP contribution in [0.1, 0.15) is 5.82 Å². The third-order valence-electron chi connectivity index (χ3n) is 4.74. The molecule has 2 heterocycles. The van der Waals surface area contributed by atoms with Crippen LogP contribution < -0.4 is 15.1 Å². The van der Waals surface area contributed by atoms with E-state index in [1.807, 2.05) is 25.1 Å². The van der Waals surface area contributed by atoms with Crippen molar-refractivity contribution in [3.05, 3.63) is 72.1 Å². The van der Waals surface area contributed by atoms with Crippen molar-refractivity contribution in [1.29, 1.82) is 0 Å². The monoisotopic (exact) mass is 381 g/mol. The lowest BCUT2D eigenvalue weighted by atomic mass is 10.2. The molecular formula is C21H21F2N5. The lowest BCUT2D eigenvalue weighted by Gasteiger charge is -2.36. The van der Waals surface area contributed by atoms with Crippen molar-refractivity contribution in [1.82, 2.24) is 9.97 Å². The van der Waals surface area contributed by atoms with E-state index in [1.54, 1.807) is 12.1 Å². The summed E-state index contributed by atoms with van der Waals surface area (Å²) in [6.45, 7) is 5.13. The number of aromatic nitrogens is 2. The van der Waals surface area contributed by atoms with Crippen molar-refractivity contribution in [2.45, 2.75) is 6.92 Å². The number of anilines is 4. The molecule has 0 saturated carbocycles. The van der Waals surface area contributed by atoms with Gasteiger partial charge in [0.05, 0.1) is 0 Å². The first-order valence-corrected chi connectivity index (χ1v) is 9.20. The number of piperazine rings is 1. The molecule has 144 valence electrons. The number of nitrogens with one attached hydrogen (secondary N) is 1. The van der Waals surface area contributed by atoms with E-state index in [4.69, 9.17) is 0 Å². The molecule has 1 fully saturated rings. The number of aryl methyl sites for hydroxylation is 1. The fraction of sp³-hybridized carbons (Fsp3) is 0.238. The second-order valence-corrected chi connectivity index (χ2v) is 6.74. The van der Waals surface area contributed by atoms with Crippen LogP contribution in [0, 0.1) is 18.6 Å². The Morgan fingerprint density at radius 3 is 2.00 bits per heavy atom. The standard InChI is InChI=1S/C21H21F2N5/c1-15-24-20(26-18-6-2-16(22)3-7-18)14-21(25-15)28-12-10-27(11-13-28)19-8-4-17(23)5-9-19/h2-9,14H,10-13H2,1H3,(H,24,25,26). The van der Waals surface area contributed by atoms with Gasteiger partial charge in [0.25, 0.3) is 0 Å². The minimum atomic E-state index is -0.274. The van der Waals surface area contributed by atoms with Gasteiger partial charge in [-0.2, -0.15) is 0 Å². The maximum absolute atomic E-state index is 13.1. The third-order valence-corrected chi connectivity index (χ3v) is 4.74. The van der Waals surface area contributed by atoms with Crippen LogP contribution in [0.4, 0.5) is 31.8 Å². The van der Waals surface area contributed by atoms with Crippen molar-refractivity contribution in [3.8, 4) is 0 Å². The number of halogens is 2. The zero-order valence-electron chi connectivity index (χ0n) is 15.6. The van der Waals surface area contributed by atoms with Crippen LogP contribution in [-0.2, 0) is 0 Å². The molecule has 0 aliphatic carbocycles. The highest BCUT2D eigenvalue weighted by molar-refractivity contribution is 5.60. The summed E-state index contributed by atoms with van der Waals surface area (Å²) in [7, 11) is 0. The van der Waals surface area contributed by atoms with E-state index < -0.39 is 0 Å². The van der Waals surface area contributed by atoms with Crippen molar-refractivity contribution in [3.63, 3.8) is 0 Å². The highest BCUT2D eigenvalue weighted by atomic mass is 19.1. The average molecular weight is 381 g/mol. The molecule has 4 rings (SSSR count). The summed E-state index contributed by atoms with van der Waals surface area (Å²) < 4.78 is 26.2. The molecule has 2 aromatic carbocycles. The van der Waals surface area contributed by atoms with Gasteiger partial charge < -0.3 is 15.1 Å². The van der Waals surface area contributed by atoms with Crippen LogP contribution in [-0.4, -0.2) is 36.1 Å². The molecule has 0 atom stereocenters. The van der Waals surface area contributed by atoms with Crippen molar-refractivity contribution < 1.29 is 8.78 Å². The van der Waals surface area contributed by atoms with Gasteiger partial charge >= 0.3 is 0 Å². The second-order valence-electron chi connectivity index (χ2n) is 6.74. The van der Waals surface area contributed by atoms with E-state index in [0.717, 1.165) is 43.4 Å². The van der Waals surface area contributed by atoms with Crippen LogP contribution in [0.3, 0.4) is 0 Å². The largest absolute Gasteiger partial charge is 0.368 e. The van der Waals surface area contributed by atoms with Gasteiger partial charge in [-0.15, -0.1) is 0 Å². The van der Waals surface area contributed by atoms with E-state index >= 15 is 0 Å². The summed E-state index contributed by atoms with van der Waals surface area (Å²) >= 11 is 0. The zero-order valence-corrected chi connectivity index (χ0v) is 15.6. The number of hydrogen-bond donors (Lipinski definition) is 1. The third kappa shape index (κ3) is 4.19. The van der Waals surface area contributed by atoms with Gasteiger partial charge in [0.15, 0.2) is 0 Å². The summed E-state index contributed by atoms with van der Waals surface area (Å²) in [6, 6.07) is 14.7. The fourth-order valence-corrected chi connectivity index (χ4v) is 3.30. The highest BCUT2D eigenvalue weighted by Crippen LogP contribution is 2.23. The molecule has 0 unspecified atom stereocenters. The molecule has 3 aromatic rings. The Morgan fingerprint density at radius 1 is 0.786 bits per heavy atom. The first-order chi connectivity index (χ1) is 13.6. The quantitative estimate of drug-likeness (QED) is 0.736. The molecule has 1 N–H and O–H groups in total. The minimum absolute atomic E-state index is 0.222. The first kappa shape index (κ1) is 18.2. The lowest BCUT2D eigenvalue weighted by molar-refractivity contribution is 0.624. The molecule has 1 aromatic heterocycles. The fourth-order valence-electron chi connectivity index (χ4n) is 3.30. The summed E-state index contributed by atoms with van der Waals surface area (Å²) in [4.78, 5) is 13.4. The highest BCUT2D eigenvalue weighted by Gasteiger charge is 2.19. The predicted octanol–water partition coefficient (Wildman–Crippen LogP) is 4.13. The maximum Gasteiger partial charge on any atom is 0.136 e. The molecule has 1 saturated heterocycles. The molecular weight excluding hydrogens is 360 g/mol. The molecule has 0 bridgehead atoms. The van der Waals surface area contributed by atoms with Gasteiger partial charge in [-0.1, -0.05) is 0 Å². The van der Waals surface area contributed by atoms with Gasteiger partial charge in [-0.3, -0.25) is 0 Å². The zero-order chi connectivity index (χ0) is 19.5. The average Bonchev–Trinajstić information content (AvgIpc) is 2.70. The smallest absolute Gasteiger partial charge is 0.136 e. The SMILES string of the molecule is Cc1nc(Nc2ccc(F)cc2)cc(N2CCN(c3ccc(F)cc3)CC2)n1. The van der Waals surface area contributed by atoms with E-state index in [-0.39, 0.29) is 11.6 Å². The molecule has 1 aliphatic heterocycles. The predicted molar refractivity (Wildman–Crippen MR) is 107 cm³/mol. The molecule has 1 aliphatic rings. The summed E-state index contributed by atoms with van der Waals surface area (Å²) in [5, 5.41) is 3.20. The van der Waals surface area contributed by atoms with E-state index in [9.17, 15) is 8.78 Å². The normalized spacial score (nSPS) is 14.2. The molecule has 0 spiro atoms. The Morgan fingerprint density at radius 2 is 1.36 bits per heavy atom. The van der Waals surface area contributed by atoms with E-state index in [1.165, 1.54) is 24.3 Å². The Balaban J connectivity index is 1.45. The van der Waals surface area contributed by atoms with Crippen molar-refractivity contribution in [2.75, 3.05) is 41.3 Å². The summed E-state index contributed by atoms with van der Waals surface area (Å²) in [5.74, 6) is 1.71. The van der Waals surface area contributed by atoms with Crippen LogP contribution in [0.15, 0.2) is 54.6 Å². The molecule has 7 heteroatoms. The van der Waals surface area contributed by atoms with Gasteiger partial charge in [-0.25, -0.2) is 18.7 Å². The number of nitrogens with zero attached hydrogens (tertiary/aromatic N) is 4. The minimum Gasteiger partial charge on any atom is -0.368 e. The number of rotatable bonds is 4. The lowest BCUT2D eigenvalue weighted by Crippen LogP contribution is -2.46. The summed E-state index contributed by atoms with van der Waals surface area (Å²) in [6.07, 6.45) is 0. The van der Waals surface area contributed by atoms with Crippen molar-refractivity contribution >= 4 is 23.0 Å². The number of hydrogen-bond acceptors (Lipinski definition) is 5.